The molecule has 250 valence electrons. The van der Waals surface area contributed by atoms with Crippen molar-refractivity contribution in [2.75, 3.05) is 26.7 Å². The van der Waals surface area contributed by atoms with Crippen LogP contribution in [0.3, 0.4) is 0 Å². The zero-order valence-electron chi connectivity index (χ0n) is 25.7. The van der Waals surface area contributed by atoms with Crippen molar-refractivity contribution >= 4 is 54.5 Å². The topological polar surface area (TPSA) is 56.7 Å². The quantitative estimate of drug-likeness (QED) is 0.230. The van der Waals surface area contributed by atoms with Crippen LogP contribution in [0, 0.1) is 29.3 Å². The molecule has 1 aromatic heterocycles. The lowest BCUT2D eigenvalue weighted by molar-refractivity contribution is -0.145. The summed E-state index contributed by atoms with van der Waals surface area (Å²) < 4.78 is 41.4. The summed E-state index contributed by atoms with van der Waals surface area (Å²) in [5.41, 5.74) is 1.58. The Morgan fingerprint density at radius 2 is 1.69 bits per heavy atom. The number of carbonyl (C=O) groups is 1. The summed E-state index contributed by atoms with van der Waals surface area (Å²) in [6.45, 7) is 6.69. The first-order valence-corrected chi connectivity index (χ1v) is 15.7. The van der Waals surface area contributed by atoms with Crippen molar-refractivity contribution in [3.8, 4) is 0 Å². The summed E-state index contributed by atoms with van der Waals surface area (Å²) in [6.07, 6.45) is 6.04. The molecule has 2 fully saturated rings. The highest BCUT2D eigenvalue weighted by molar-refractivity contribution is 7.11. The van der Waals surface area contributed by atoms with Gasteiger partial charge in [0.1, 0.15) is 23.5 Å². The van der Waals surface area contributed by atoms with Crippen LogP contribution in [0.5, 0.6) is 0 Å². The Hall–Kier alpha value is -1.88. The van der Waals surface area contributed by atoms with Gasteiger partial charge in [0.2, 0.25) is 0 Å². The van der Waals surface area contributed by atoms with E-state index in [-0.39, 0.29) is 60.9 Å². The SMILES string of the molecule is CC(C)[C@H](C(=O)O)N(C)C1CC(CN2CCC(c3cnc(Cc4cc(F)cc(F)c4)s3)CC2)C(c2cccc(F)c2)C1.Cl.Cl.Cl. The molecule has 12 heteroatoms. The third-order valence-electron chi connectivity index (χ3n) is 9.18. The van der Waals surface area contributed by atoms with Gasteiger partial charge in [-0.15, -0.1) is 48.6 Å². The standard InChI is InChI=1S/C33H40F3N3O2S.3ClH/c1-20(2)32(33(40)41)38(3)28-15-24(29(17-28)23-5-4-6-25(34)14-23)19-39-9-7-22(8-10-39)30-18-37-31(42-30)13-21-11-26(35)16-27(36)12-21;;;/h4-6,11-12,14,16,18,20,22,24,28-29,32H,7-10,13,15,17,19H2,1-3H3,(H,40,41);3*1H/t24?,28?,29?,32-;;;/m1.../s1. The molecule has 5 nitrogen and oxygen atoms in total. The fourth-order valence-corrected chi connectivity index (χ4v) is 8.27. The molecule has 45 heavy (non-hydrogen) atoms. The summed E-state index contributed by atoms with van der Waals surface area (Å²) in [7, 11) is 1.92. The van der Waals surface area contributed by atoms with Crippen LogP contribution in [-0.4, -0.2) is 64.6 Å². The van der Waals surface area contributed by atoms with Crippen molar-refractivity contribution in [2.45, 2.75) is 69.9 Å². The van der Waals surface area contributed by atoms with Crippen LogP contribution in [0.25, 0.3) is 0 Å². The van der Waals surface area contributed by atoms with Gasteiger partial charge in [0.05, 0.1) is 5.01 Å². The molecule has 1 aliphatic heterocycles. The van der Waals surface area contributed by atoms with Crippen molar-refractivity contribution in [3.05, 3.63) is 87.1 Å². The van der Waals surface area contributed by atoms with Gasteiger partial charge in [0.25, 0.3) is 0 Å². The summed E-state index contributed by atoms with van der Waals surface area (Å²) >= 11 is 1.63. The van der Waals surface area contributed by atoms with Crippen molar-refractivity contribution in [3.63, 3.8) is 0 Å². The summed E-state index contributed by atoms with van der Waals surface area (Å²) in [5.74, 6) is -1.31. The number of aromatic nitrogens is 1. The van der Waals surface area contributed by atoms with Gasteiger partial charge >= 0.3 is 5.97 Å². The predicted molar refractivity (Wildman–Crippen MR) is 181 cm³/mol. The lowest BCUT2D eigenvalue weighted by Crippen LogP contribution is -2.47. The Labute approximate surface area is 286 Å². The van der Waals surface area contributed by atoms with E-state index in [0.29, 0.717) is 23.8 Å². The number of carboxylic acid groups (broad SMARTS) is 1. The van der Waals surface area contributed by atoms with E-state index in [1.54, 1.807) is 23.5 Å². The van der Waals surface area contributed by atoms with Crippen LogP contribution in [0.15, 0.2) is 48.7 Å². The van der Waals surface area contributed by atoms with Crippen LogP contribution >= 0.6 is 48.6 Å². The Balaban J connectivity index is 0.00000235. The molecule has 2 aromatic carbocycles. The zero-order valence-corrected chi connectivity index (χ0v) is 29.0. The van der Waals surface area contributed by atoms with Crippen molar-refractivity contribution < 1.29 is 23.1 Å². The number of likely N-dealkylation sites (tertiary alicyclic amines) is 1. The molecule has 3 unspecified atom stereocenters. The van der Waals surface area contributed by atoms with Crippen LogP contribution < -0.4 is 0 Å². The van der Waals surface area contributed by atoms with E-state index < -0.39 is 23.6 Å². The van der Waals surface area contributed by atoms with E-state index in [2.05, 4.69) is 9.88 Å². The van der Waals surface area contributed by atoms with Gasteiger partial charge in [-0.2, -0.15) is 0 Å². The molecule has 0 bridgehead atoms. The maximum Gasteiger partial charge on any atom is 0.321 e. The normalized spacial score (nSPS) is 21.2. The number of nitrogens with zero attached hydrogens (tertiary/aromatic N) is 3. The number of carboxylic acids is 1. The first-order chi connectivity index (χ1) is 20.1. The van der Waals surface area contributed by atoms with Gasteiger partial charge < -0.3 is 10.0 Å². The number of aliphatic carboxylic acids is 1. The third kappa shape index (κ3) is 9.81. The second kappa shape index (κ2) is 17.3. The number of benzene rings is 2. The average molecular weight is 709 g/mol. The summed E-state index contributed by atoms with van der Waals surface area (Å²) in [6, 6.07) is 10.1. The molecular formula is C33H43Cl3F3N3O2S. The number of rotatable bonds is 10. The van der Waals surface area contributed by atoms with Crippen LogP contribution in [0.4, 0.5) is 13.2 Å². The molecule has 4 atom stereocenters. The van der Waals surface area contributed by atoms with Crippen LogP contribution in [0.1, 0.15) is 72.4 Å². The Kier molecular flexibility index (Phi) is 15.1. The third-order valence-corrected chi connectivity index (χ3v) is 10.3. The molecule has 2 heterocycles. The number of halogens is 6. The molecule has 3 aromatic rings. The van der Waals surface area contributed by atoms with E-state index in [9.17, 15) is 23.1 Å². The molecule has 1 saturated carbocycles. The minimum atomic E-state index is -0.797. The second-order valence-corrected chi connectivity index (χ2v) is 13.6. The van der Waals surface area contributed by atoms with Gasteiger partial charge in [-0.3, -0.25) is 9.69 Å². The minimum absolute atomic E-state index is 0. The highest BCUT2D eigenvalue weighted by Gasteiger charge is 2.41. The van der Waals surface area contributed by atoms with Crippen molar-refractivity contribution in [1.29, 1.82) is 0 Å². The molecule has 2 aliphatic rings. The summed E-state index contributed by atoms with van der Waals surface area (Å²) in [5, 5.41) is 10.8. The fraction of sp³-hybridized carbons (Fsp3) is 0.515. The number of likely N-dealkylation sites (N-methyl/N-ethyl adjacent to an activating group) is 1. The summed E-state index contributed by atoms with van der Waals surface area (Å²) in [4.78, 5) is 22.4. The largest absolute Gasteiger partial charge is 0.480 e. The fourth-order valence-electron chi connectivity index (χ4n) is 7.15. The second-order valence-electron chi connectivity index (χ2n) is 12.4. The molecule has 1 saturated heterocycles. The molecule has 0 radical (unpaired) electrons. The molecule has 0 amide bonds. The Bertz CT molecular complexity index is 1370. The zero-order chi connectivity index (χ0) is 30.0. The van der Waals surface area contributed by atoms with Crippen molar-refractivity contribution in [1.82, 2.24) is 14.8 Å². The first-order valence-electron chi connectivity index (χ1n) is 14.9. The van der Waals surface area contributed by atoms with Gasteiger partial charge in [-0.05, 0) is 105 Å². The van der Waals surface area contributed by atoms with E-state index in [4.69, 9.17) is 0 Å². The minimum Gasteiger partial charge on any atom is -0.480 e. The van der Waals surface area contributed by atoms with Gasteiger partial charge in [-0.1, -0.05) is 26.0 Å². The lowest BCUT2D eigenvalue weighted by atomic mass is 9.87. The highest BCUT2D eigenvalue weighted by Crippen LogP contribution is 2.44. The maximum atomic E-state index is 14.2. The van der Waals surface area contributed by atoms with E-state index in [1.807, 2.05) is 38.1 Å². The first kappa shape index (κ1) is 39.3. The maximum absolute atomic E-state index is 14.2. The van der Waals surface area contributed by atoms with Crippen LogP contribution in [-0.2, 0) is 11.2 Å². The molecule has 5 rings (SSSR count). The molecule has 1 N–H and O–H groups in total. The Morgan fingerprint density at radius 1 is 1.02 bits per heavy atom. The smallest absolute Gasteiger partial charge is 0.321 e. The lowest BCUT2D eigenvalue weighted by Gasteiger charge is -2.35. The number of piperidine rings is 1. The van der Waals surface area contributed by atoms with Gasteiger partial charge in [0.15, 0.2) is 0 Å². The number of thiazole rings is 1. The van der Waals surface area contributed by atoms with Gasteiger partial charge in [0, 0.05) is 36.1 Å². The predicted octanol–water partition coefficient (Wildman–Crippen LogP) is 8.20. The van der Waals surface area contributed by atoms with Crippen LogP contribution in [0.2, 0.25) is 0 Å². The number of hydrogen-bond donors (Lipinski definition) is 1. The highest BCUT2D eigenvalue weighted by atomic mass is 35.5. The van der Waals surface area contributed by atoms with E-state index in [1.165, 1.54) is 23.1 Å². The van der Waals surface area contributed by atoms with Gasteiger partial charge in [-0.25, -0.2) is 18.2 Å². The molecule has 1 aliphatic carbocycles. The Morgan fingerprint density at radius 3 is 2.29 bits per heavy atom. The number of hydrogen-bond acceptors (Lipinski definition) is 5. The molecule has 0 spiro atoms. The molecular weight excluding hydrogens is 666 g/mol. The van der Waals surface area contributed by atoms with E-state index >= 15 is 0 Å². The van der Waals surface area contributed by atoms with E-state index in [0.717, 1.165) is 62.0 Å². The average Bonchev–Trinajstić information content (AvgIpc) is 3.55. The monoisotopic (exact) mass is 707 g/mol. The van der Waals surface area contributed by atoms with Crippen molar-refractivity contribution in [2.24, 2.45) is 11.8 Å².